The van der Waals surface area contributed by atoms with Crippen molar-refractivity contribution in [3.8, 4) is 67.5 Å². The average molecular weight is 928 g/mol. The fourth-order valence-corrected chi connectivity index (χ4v) is 8.89. The summed E-state index contributed by atoms with van der Waals surface area (Å²) in [7, 11) is 0. The Morgan fingerprint density at radius 2 is 1.16 bits per heavy atom. The molecule has 0 unspecified atom stereocenters. The first kappa shape index (κ1) is 34.1. The molecular weight excluding hydrogens is 839 g/mol. The smallest absolute Gasteiger partial charge is 0.149 e. The van der Waals surface area contributed by atoms with Crippen LogP contribution in [0.15, 0.2) is 128 Å². The minimum absolute atomic E-state index is 0.0137. The fourth-order valence-electron chi connectivity index (χ4n) is 8.89. The Hall–Kier alpha value is -6.26. The third-order valence-electron chi connectivity index (χ3n) is 13.2. The van der Waals surface area contributed by atoms with Gasteiger partial charge in [-0.1, -0.05) is 183 Å². The molecule has 8 aromatic rings. The second-order valence-electron chi connectivity index (χ2n) is 22.2. The molecule has 356 valence electrons. The molecule has 0 saturated carbocycles. The van der Waals surface area contributed by atoms with Crippen LogP contribution in [-0.2, 0) is 21.7 Å². The summed E-state index contributed by atoms with van der Waals surface area (Å²) < 4.78 is 121. The molecule has 4 heteroatoms. The number of hydrogen-bond donors (Lipinski definition) is 1. The standard InChI is InChI=1S/C65H75N3O/c1-39(2)45-30-46(40(3)4)32-47(31-45)43-23-26-57(41(5)29-43)68-58-20-18-19-53(59(58)67-61(68)54-37-52(64(12,13)14)38-55(60(54)69)65(15,16)17)48-33-49(35-51(34-48)63(9,10)11)56-36-44(27-28-66-56)42-21-24-50(25-22-42)62(6,7)8/h18-40,69H,1-17H3/i5D3,6D3,7D3,8D3,39D,40D. The number of aromatic nitrogens is 3. The Kier molecular flexibility index (Phi) is 8.86. The summed E-state index contributed by atoms with van der Waals surface area (Å²) in [6.45, 7) is 13.0. The molecule has 0 radical (unpaired) electrons. The van der Waals surface area contributed by atoms with E-state index in [9.17, 15) is 9.22 Å². The SMILES string of the molecule is [2H]C([2H])([2H])c1cc(-c2cc(C([2H])(C)C)cc(C([2H])(C)C)c2)ccc1-n1c(-c2cc(C(C)(C)C)cc(C(C)(C)C)c2O)nc2c(-c3cc(-c4cc(-c5ccc(C(C([2H])([2H])[2H])(C([2H])([2H])[2H])C([2H])([2H])[2H])cc5)ccn4)cc(C(C)(C)C)c3)cccc21. The predicted octanol–water partition coefficient (Wildman–Crippen LogP) is 18.2. The number of rotatable bonds is 8. The molecule has 0 fully saturated rings. The highest BCUT2D eigenvalue weighted by Gasteiger charge is 2.29. The Morgan fingerprint density at radius 3 is 1.77 bits per heavy atom. The lowest BCUT2D eigenvalue weighted by Gasteiger charge is -2.27. The van der Waals surface area contributed by atoms with E-state index < -0.39 is 55.4 Å². The average Bonchev–Trinajstić information content (AvgIpc) is 1.55. The summed E-state index contributed by atoms with van der Waals surface area (Å²) in [5.74, 6) is -1.70. The molecule has 8 rings (SSSR count). The maximum Gasteiger partial charge on any atom is 0.149 e. The van der Waals surface area contributed by atoms with Crippen LogP contribution in [0.4, 0.5) is 0 Å². The van der Waals surface area contributed by atoms with Crippen molar-refractivity contribution in [2.75, 3.05) is 0 Å². The third-order valence-corrected chi connectivity index (χ3v) is 13.2. The van der Waals surface area contributed by atoms with Gasteiger partial charge in [-0.15, -0.1) is 0 Å². The van der Waals surface area contributed by atoms with Crippen LogP contribution >= 0.6 is 0 Å². The van der Waals surface area contributed by atoms with Crippen LogP contribution in [0.2, 0.25) is 0 Å². The molecule has 2 aromatic heterocycles. The largest absolute Gasteiger partial charge is 0.507 e. The van der Waals surface area contributed by atoms with Crippen molar-refractivity contribution in [1.29, 1.82) is 0 Å². The second kappa shape index (κ2) is 17.9. The molecule has 2 heterocycles. The highest BCUT2D eigenvalue weighted by Crippen LogP contribution is 2.46. The van der Waals surface area contributed by atoms with Crippen molar-refractivity contribution in [2.24, 2.45) is 0 Å². The molecular formula is C65H75N3O. The van der Waals surface area contributed by atoms with Gasteiger partial charge in [0.15, 0.2) is 0 Å². The van der Waals surface area contributed by atoms with Crippen LogP contribution < -0.4 is 0 Å². The van der Waals surface area contributed by atoms with Crippen molar-refractivity contribution in [1.82, 2.24) is 14.5 Å². The highest BCUT2D eigenvalue weighted by atomic mass is 16.3. The molecule has 0 aliphatic rings. The Morgan fingerprint density at radius 1 is 0.536 bits per heavy atom. The molecule has 0 spiro atoms. The number of para-hydroxylation sites is 1. The van der Waals surface area contributed by atoms with E-state index >= 15 is 0 Å². The van der Waals surface area contributed by atoms with E-state index in [4.69, 9.17) is 25.0 Å². The van der Waals surface area contributed by atoms with Gasteiger partial charge >= 0.3 is 0 Å². The van der Waals surface area contributed by atoms with Gasteiger partial charge in [-0.3, -0.25) is 9.55 Å². The summed E-state index contributed by atoms with van der Waals surface area (Å²) >= 11 is 0. The molecule has 0 bridgehead atoms. The van der Waals surface area contributed by atoms with Gasteiger partial charge in [0.25, 0.3) is 0 Å². The first-order valence-corrected chi connectivity index (χ1v) is 23.7. The van der Waals surface area contributed by atoms with Gasteiger partial charge in [-0.2, -0.15) is 0 Å². The van der Waals surface area contributed by atoms with Crippen molar-refractivity contribution in [2.45, 2.75) is 151 Å². The lowest BCUT2D eigenvalue weighted by molar-refractivity contribution is 0.446. The number of imidazole rings is 1. The summed E-state index contributed by atoms with van der Waals surface area (Å²) in [5, 5.41) is 12.6. The number of aryl methyl sites for hydroxylation is 1. The van der Waals surface area contributed by atoms with Gasteiger partial charge in [-0.25, -0.2) is 4.98 Å². The van der Waals surface area contributed by atoms with Gasteiger partial charge in [0, 0.05) is 42.1 Å². The molecule has 6 aromatic carbocycles. The topological polar surface area (TPSA) is 50.9 Å². The van der Waals surface area contributed by atoms with Gasteiger partial charge in [0.1, 0.15) is 11.6 Å². The van der Waals surface area contributed by atoms with E-state index in [1.54, 1.807) is 52.1 Å². The normalized spacial score (nSPS) is 16.8. The molecule has 0 amide bonds. The van der Waals surface area contributed by atoms with Crippen LogP contribution in [0.1, 0.15) is 180 Å². The van der Waals surface area contributed by atoms with Crippen molar-refractivity contribution in [3.05, 3.63) is 166 Å². The molecule has 4 nitrogen and oxygen atoms in total. The van der Waals surface area contributed by atoms with Gasteiger partial charge in [-0.05, 0) is 150 Å². The molecule has 1 N–H and O–H groups in total. The molecule has 0 aliphatic carbocycles. The monoisotopic (exact) mass is 928 g/mol. The van der Waals surface area contributed by atoms with Crippen molar-refractivity contribution in [3.63, 3.8) is 0 Å². The first-order valence-electron chi connectivity index (χ1n) is 30.7. The van der Waals surface area contributed by atoms with E-state index in [1.807, 2.05) is 92.1 Å². The van der Waals surface area contributed by atoms with Gasteiger partial charge < -0.3 is 5.11 Å². The third kappa shape index (κ3) is 9.96. The van der Waals surface area contributed by atoms with E-state index in [1.165, 1.54) is 24.3 Å². The van der Waals surface area contributed by atoms with Crippen LogP contribution in [0.5, 0.6) is 5.75 Å². The zero-order chi connectivity index (χ0) is 62.0. The Labute approximate surface area is 433 Å². The van der Waals surface area contributed by atoms with Crippen molar-refractivity contribution < 1.29 is 24.3 Å². The van der Waals surface area contributed by atoms with Crippen LogP contribution in [-0.4, -0.2) is 19.6 Å². The summed E-state index contributed by atoms with van der Waals surface area (Å²) in [6.07, 6.45) is 1.63. The summed E-state index contributed by atoms with van der Waals surface area (Å²) in [6, 6.07) is 36.0. The Balaban J connectivity index is 1.39. The van der Waals surface area contributed by atoms with E-state index in [0.717, 1.165) is 22.3 Å². The number of benzene rings is 6. The lowest BCUT2D eigenvalue weighted by Crippen LogP contribution is -2.17. The van der Waals surface area contributed by atoms with E-state index in [-0.39, 0.29) is 22.3 Å². The zero-order valence-corrected chi connectivity index (χ0v) is 42.4. The number of aromatic hydroxyl groups is 1. The maximum absolute atomic E-state index is 12.6. The zero-order valence-electron chi connectivity index (χ0n) is 56.4. The van der Waals surface area contributed by atoms with Crippen LogP contribution in [0.3, 0.4) is 0 Å². The van der Waals surface area contributed by atoms with Gasteiger partial charge in [0.2, 0.25) is 0 Å². The Bertz CT molecular complexity index is 3700. The van der Waals surface area contributed by atoms with Crippen molar-refractivity contribution >= 4 is 11.0 Å². The molecule has 0 atom stereocenters. The number of fused-ring (bicyclic) bond motifs is 1. The summed E-state index contributed by atoms with van der Waals surface area (Å²) in [5.41, 5.74) is 6.24. The fraction of sp³-hybridized carbons (Fsp3) is 0.354. The lowest BCUT2D eigenvalue weighted by atomic mass is 9.79. The van der Waals surface area contributed by atoms with E-state index in [0.29, 0.717) is 78.3 Å². The molecule has 0 aliphatic heterocycles. The molecule has 0 saturated heterocycles. The number of phenolic OH excluding ortho intramolecular Hbond substituents is 1. The van der Waals surface area contributed by atoms with Gasteiger partial charge in [0.05, 0.1) is 28.0 Å². The molecule has 69 heavy (non-hydrogen) atoms. The van der Waals surface area contributed by atoms with E-state index in [2.05, 4.69) is 53.7 Å². The second-order valence-corrected chi connectivity index (χ2v) is 22.2. The maximum atomic E-state index is 12.6. The number of nitrogens with zero attached hydrogens (tertiary/aromatic N) is 3. The number of pyridine rings is 1. The highest BCUT2D eigenvalue weighted by molar-refractivity contribution is 5.97. The number of hydrogen-bond acceptors (Lipinski definition) is 3. The summed E-state index contributed by atoms with van der Waals surface area (Å²) in [4.78, 5) is 10.3. The first-order chi connectivity index (χ1) is 37.7. The van der Waals surface area contributed by atoms with Crippen LogP contribution in [0.25, 0.3) is 72.7 Å². The number of phenols is 1. The minimum atomic E-state index is -3.41. The predicted molar refractivity (Wildman–Crippen MR) is 295 cm³/mol. The van der Waals surface area contributed by atoms with Crippen LogP contribution in [0, 0.1) is 6.85 Å². The quantitative estimate of drug-likeness (QED) is 0.165. The minimum Gasteiger partial charge on any atom is -0.507 e.